The van der Waals surface area contributed by atoms with Crippen molar-refractivity contribution in [3.63, 3.8) is 0 Å². The molecule has 2 aromatic heterocycles. The number of halogens is 3. The quantitative estimate of drug-likeness (QED) is 0.691. The van der Waals surface area contributed by atoms with Crippen molar-refractivity contribution in [3.8, 4) is 0 Å². The Morgan fingerprint density at radius 2 is 2.00 bits per heavy atom. The van der Waals surface area contributed by atoms with E-state index >= 15 is 0 Å². The van der Waals surface area contributed by atoms with E-state index < -0.39 is 17.3 Å². The number of alkyl halides is 3. The molecular formula is C10H7F3N2O. The third-order valence-electron chi connectivity index (χ3n) is 2.20. The number of hydrogen-bond acceptors (Lipinski definition) is 2. The van der Waals surface area contributed by atoms with Crippen LogP contribution in [0.1, 0.15) is 11.3 Å². The Morgan fingerprint density at radius 3 is 2.62 bits per heavy atom. The van der Waals surface area contributed by atoms with Crippen LogP contribution in [-0.4, -0.2) is 9.38 Å². The smallest absolute Gasteiger partial charge is 0.306 e. The highest BCUT2D eigenvalue weighted by Gasteiger charge is 2.30. The second kappa shape index (κ2) is 3.33. The van der Waals surface area contributed by atoms with Crippen LogP contribution < -0.4 is 5.56 Å². The topological polar surface area (TPSA) is 34.4 Å². The molecule has 0 N–H and O–H groups in total. The van der Waals surface area contributed by atoms with Gasteiger partial charge in [0.1, 0.15) is 5.65 Å². The van der Waals surface area contributed by atoms with E-state index in [-0.39, 0.29) is 5.65 Å². The van der Waals surface area contributed by atoms with Crippen molar-refractivity contribution in [2.45, 2.75) is 13.1 Å². The zero-order chi connectivity index (χ0) is 11.9. The zero-order valence-corrected chi connectivity index (χ0v) is 8.25. The molecule has 0 fully saturated rings. The van der Waals surface area contributed by atoms with E-state index in [2.05, 4.69) is 4.98 Å². The van der Waals surface area contributed by atoms with Gasteiger partial charge in [-0.25, -0.2) is 0 Å². The Balaban J connectivity index is 2.76. The highest BCUT2D eigenvalue weighted by Crippen LogP contribution is 2.29. The molecule has 0 spiro atoms. The summed E-state index contributed by atoms with van der Waals surface area (Å²) in [4.78, 5) is 14.6. The summed E-state index contributed by atoms with van der Waals surface area (Å²) in [5.74, 6) is 0. The summed E-state index contributed by atoms with van der Waals surface area (Å²) in [6, 6.07) is 3.07. The van der Waals surface area contributed by atoms with Gasteiger partial charge in [0.05, 0.1) is 5.56 Å². The summed E-state index contributed by atoms with van der Waals surface area (Å²) in [6.07, 6.45) is -3.18. The lowest BCUT2D eigenvalue weighted by molar-refractivity contribution is -0.137. The molecule has 16 heavy (non-hydrogen) atoms. The van der Waals surface area contributed by atoms with Crippen LogP contribution in [-0.2, 0) is 6.18 Å². The minimum absolute atomic E-state index is 0.000162. The van der Waals surface area contributed by atoms with Crippen LogP contribution in [0.5, 0.6) is 0 Å². The van der Waals surface area contributed by atoms with Gasteiger partial charge in [-0.3, -0.25) is 4.79 Å². The van der Waals surface area contributed by atoms with Crippen molar-refractivity contribution in [1.29, 1.82) is 0 Å². The van der Waals surface area contributed by atoms with Crippen LogP contribution in [0.15, 0.2) is 29.2 Å². The van der Waals surface area contributed by atoms with E-state index in [1.54, 1.807) is 6.92 Å². The molecule has 3 nitrogen and oxygen atoms in total. The van der Waals surface area contributed by atoms with Crippen molar-refractivity contribution >= 4 is 5.65 Å². The van der Waals surface area contributed by atoms with Crippen molar-refractivity contribution < 1.29 is 13.2 Å². The highest BCUT2D eigenvalue weighted by atomic mass is 19.4. The monoisotopic (exact) mass is 228 g/mol. The maximum absolute atomic E-state index is 12.4. The SMILES string of the molecule is Cc1cc(=O)nc2cc(C(F)(F)F)ccn12. The number of fused-ring (bicyclic) bond motifs is 1. The fraction of sp³-hybridized carbons (Fsp3) is 0.200. The fourth-order valence-electron chi connectivity index (χ4n) is 1.44. The van der Waals surface area contributed by atoms with Gasteiger partial charge in [-0.2, -0.15) is 18.2 Å². The average Bonchev–Trinajstić information content (AvgIpc) is 2.15. The largest absolute Gasteiger partial charge is 0.416 e. The Hall–Kier alpha value is -1.85. The molecule has 6 heteroatoms. The van der Waals surface area contributed by atoms with Gasteiger partial charge in [-0.15, -0.1) is 0 Å². The first kappa shape index (κ1) is 10.7. The number of aryl methyl sites for hydroxylation is 1. The Labute approximate surface area is 88.2 Å². The number of pyridine rings is 1. The molecule has 0 bridgehead atoms. The zero-order valence-electron chi connectivity index (χ0n) is 8.25. The van der Waals surface area contributed by atoms with Gasteiger partial charge >= 0.3 is 6.18 Å². The Bertz CT molecular complexity index is 601. The molecule has 0 aliphatic rings. The molecule has 0 aromatic carbocycles. The molecule has 0 aliphatic heterocycles. The van der Waals surface area contributed by atoms with Crippen molar-refractivity contribution in [2.24, 2.45) is 0 Å². The second-order valence-electron chi connectivity index (χ2n) is 3.38. The van der Waals surface area contributed by atoms with Gasteiger partial charge in [-0.1, -0.05) is 0 Å². The minimum Gasteiger partial charge on any atom is -0.306 e. The van der Waals surface area contributed by atoms with E-state index in [0.717, 1.165) is 12.1 Å². The Kier molecular flexibility index (Phi) is 2.22. The van der Waals surface area contributed by atoms with Crippen LogP contribution in [0.2, 0.25) is 0 Å². The van der Waals surface area contributed by atoms with Crippen LogP contribution in [0.4, 0.5) is 13.2 Å². The summed E-state index contributed by atoms with van der Waals surface area (Å²) < 4.78 is 38.6. The van der Waals surface area contributed by atoms with Crippen LogP contribution >= 0.6 is 0 Å². The third kappa shape index (κ3) is 1.78. The van der Waals surface area contributed by atoms with Crippen LogP contribution in [0.3, 0.4) is 0 Å². The van der Waals surface area contributed by atoms with Gasteiger partial charge in [0.15, 0.2) is 0 Å². The molecule has 0 saturated carbocycles. The van der Waals surface area contributed by atoms with Gasteiger partial charge in [-0.05, 0) is 19.1 Å². The molecule has 0 saturated heterocycles. The van der Waals surface area contributed by atoms with Gasteiger partial charge < -0.3 is 4.40 Å². The molecule has 2 rings (SSSR count). The van der Waals surface area contributed by atoms with E-state index in [0.29, 0.717) is 5.69 Å². The summed E-state index contributed by atoms with van der Waals surface area (Å²) >= 11 is 0. The van der Waals surface area contributed by atoms with E-state index in [9.17, 15) is 18.0 Å². The highest BCUT2D eigenvalue weighted by molar-refractivity contribution is 5.42. The summed E-state index contributed by atoms with van der Waals surface area (Å²) in [6.45, 7) is 1.63. The summed E-state index contributed by atoms with van der Waals surface area (Å²) in [5.41, 5.74) is -0.814. The van der Waals surface area contributed by atoms with Crippen molar-refractivity contribution in [2.75, 3.05) is 0 Å². The van der Waals surface area contributed by atoms with Gasteiger partial charge in [0.25, 0.3) is 5.56 Å². The number of rotatable bonds is 0. The predicted molar refractivity (Wildman–Crippen MR) is 51.2 cm³/mol. The van der Waals surface area contributed by atoms with Crippen LogP contribution in [0.25, 0.3) is 5.65 Å². The maximum atomic E-state index is 12.4. The number of nitrogens with zero attached hydrogens (tertiary/aromatic N) is 2. The minimum atomic E-state index is -4.43. The molecule has 0 amide bonds. The molecule has 2 aromatic rings. The first-order valence-corrected chi connectivity index (χ1v) is 4.45. The molecular weight excluding hydrogens is 221 g/mol. The number of hydrogen-bond donors (Lipinski definition) is 0. The molecule has 2 heterocycles. The second-order valence-corrected chi connectivity index (χ2v) is 3.38. The first-order valence-electron chi connectivity index (χ1n) is 4.45. The van der Waals surface area contributed by atoms with Crippen LogP contribution in [0, 0.1) is 6.92 Å². The van der Waals surface area contributed by atoms with E-state index in [4.69, 9.17) is 0 Å². The predicted octanol–water partition coefficient (Wildman–Crippen LogP) is 2.02. The molecule has 0 radical (unpaired) electrons. The molecule has 84 valence electrons. The molecule has 0 unspecified atom stereocenters. The normalized spacial score (nSPS) is 12.0. The Morgan fingerprint density at radius 1 is 1.31 bits per heavy atom. The molecule has 0 atom stereocenters. The third-order valence-corrected chi connectivity index (χ3v) is 2.20. The van der Waals surface area contributed by atoms with E-state index in [1.807, 2.05) is 0 Å². The first-order chi connectivity index (χ1) is 7.38. The van der Waals surface area contributed by atoms with Gasteiger partial charge in [0, 0.05) is 18.0 Å². The molecule has 0 aliphatic carbocycles. The average molecular weight is 228 g/mol. The lowest BCUT2D eigenvalue weighted by Crippen LogP contribution is -2.12. The van der Waals surface area contributed by atoms with Gasteiger partial charge in [0.2, 0.25) is 0 Å². The lowest BCUT2D eigenvalue weighted by atomic mass is 10.2. The lowest BCUT2D eigenvalue weighted by Gasteiger charge is -2.09. The van der Waals surface area contributed by atoms with E-state index in [1.165, 1.54) is 16.7 Å². The summed E-state index contributed by atoms with van der Waals surface area (Å²) in [7, 11) is 0. The standard InChI is InChI=1S/C10H7F3N2O/c1-6-4-9(16)14-8-5-7(10(11,12)13)2-3-15(6)8/h2-5H,1H3. The number of aromatic nitrogens is 2. The van der Waals surface area contributed by atoms with Crippen molar-refractivity contribution in [1.82, 2.24) is 9.38 Å². The maximum Gasteiger partial charge on any atom is 0.416 e. The fourth-order valence-corrected chi connectivity index (χ4v) is 1.44. The summed E-state index contributed by atoms with van der Waals surface area (Å²) in [5, 5.41) is 0. The van der Waals surface area contributed by atoms with Crippen molar-refractivity contribution in [3.05, 3.63) is 46.0 Å².